The monoisotopic (exact) mass is 339 g/mol. The van der Waals surface area contributed by atoms with Gasteiger partial charge in [-0.25, -0.2) is 4.99 Å². The number of allylic oxidation sites excluding steroid dienone is 3. The van der Waals surface area contributed by atoms with Crippen LogP contribution in [0.1, 0.15) is 13.3 Å². The van der Waals surface area contributed by atoms with Crippen LogP contribution >= 0.6 is 11.8 Å². The van der Waals surface area contributed by atoms with E-state index in [0.717, 1.165) is 22.0 Å². The van der Waals surface area contributed by atoms with Crippen LogP contribution in [0.25, 0.3) is 0 Å². The summed E-state index contributed by atoms with van der Waals surface area (Å²) in [6, 6.07) is 7.66. The summed E-state index contributed by atoms with van der Waals surface area (Å²) < 4.78 is 0. The molecule has 1 aliphatic carbocycles. The van der Waals surface area contributed by atoms with E-state index in [-0.39, 0.29) is 17.7 Å². The van der Waals surface area contributed by atoms with E-state index in [4.69, 9.17) is 0 Å². The first-order valence-electron chi connectivity index (χ1n) is 7.67. The molecule has 0 spiro atoms. The number of fused-ring (bicyclic) bond motifs is 1. The Bertz CT molecular complexity index is 776. The topological polar surface area (TPSA) is 70.9 Å². The van der Waals surface area contributed by atoms with Gasteiger partial charge in [0.2, 0.25) is 5.91 Å². The lowest BCUT2D eigenvalue weighted by atomic mass is 9.96. The summed E-state index contributed by atoms with van der Waals surface area (Å²) in [5.74, 6) is 0.841. The molecule has 0 aromatic heterocycles. The minimum Gasteiger partial charge on any atom is -0.326 e. The van der Waals surface area contributed by atoms with Gasteiger partial charge in [-0.3, -0.25) is 9.59 Å². The fourth-order valence-electron chi connectivity index (χ4n) is 2.43. The highest BCUT2D eigenvalue weighted by Gasteiger charge is 2.25. The molecule has 6 heteroatoms. The fraction of sp³-hybridized carbons (Fsp3) is 0.222. The summed E-state index contributed by atoms with van der Waals surface area (Å²) in [6.07, 6.45) is 8.06. The molecule has 3 rings (SSSR count). The van der Waals surface area contributed by atoms with E-state index in [1.54, 1.807) is 11.8 Å². The normalized spacial score (nSPS) is 18.7. The fourth-order valence-corrected chi connectivity index (χ4v) is 3.28. The minimum atomic E-state index is -0.312. The number of nitrogens with one attached hydrogen (secondary N) is 1. The Morgan fingerprint density at radius 1 is 1.21 bits per heavy atom. The smallest absolute Gasteiger partial charge is 0.260 e. The van der Waals surface area contributed by atoms with Gasteiger partial charge in [-0.05, 0) is 30.3 Å². The molecule has 2 amide bonds. The number of amides is 2. The van der Waals surface area contributed by atoms with Gasteiger partial charge in [0.05, 0.1) is 5.71 Å². The first kappa shape index (κ1) is 16.4. The molecule has 0 saturated heterocycles. The molecule has 0 fully saturated rings. The minimum absolute atomic E-state index is 0.0839. The van der Waals surface area contributed by atoms with Crippen molar-refractivity contribution >= 4 is 40.8 Å². The molecular formula is C18H17N3O2S. The van der Waals surface area contributed by atoms with Crippen molar-refractivity contribution in [2.45, 2.75) is 18.2 Å². The molecule has 0 saturated carbocycles. The molecule has 5 nitrogen and oxygen atoms in total. The third-order valence-electron chi connectivity index (χ3n) is 3.53. The summed E-state index contributed by atoms with van der Waals surface area (Å²) in [6.45, 7) is 1.48. The molecule has 1 heterocycles. The van der Waals surface area contributed by atoms with Crippen LogP contribution in [-0.2, 0) is 9.59 Å². The van der Waals surface area contributed by atoms with Crippen LogP contribution < -0.4 is 5.32 Å². The average molecular weight is 339 g/mol. The van der Waals surface area contributed by atoms with Crippen LogP contribution in [0.5, 0.6) is 0 Å². The van der Waals surface area contributed by atoms with Gasteiger partial charge in [0.25, 0.3) is 5.91 Å². The predicted octanol–water partition coefficient (Wildman–Crippen LogP) is 3.25. The van der Waals surface area contributed by atoms with E-state index >= 15 is 0 Å². The Hall–Kier alpha value is -2.47. The molecule has 0 radical (unpaired) electrons. The molecule has 24 heavy (non-hydrogen) atoms. The third kappa shape index (κ3) is 4.08. The van der Waals surface area contributed by atoms with E-state index in [1.165, 1.54) is 6.92 Å². The van der Waals surface area contributed by atoms with E-state index in [0.29, 0.717) is 12.3 Å². The highest BCUT2D eigenvalue weighted by molar-refractivity contribution is 7.99. The summed E-state index contributed by atoms with van der Waals surface area (Å²) in [5, 5.41) is 2.74. The van der Waals surface area contributed by atoms with E-state index < -0.39 is 0 Å². The number of rotatable bonds is 5. The van der Waals surface area contributed by atoms with Crippen molar-refractivity contribution < 1.29 is 9.59 Å². The second-order valence-electron chi connectivity index (χ2n) is 5.43. The Labute approximate surface area is 144 Å². The van der Waals surface area contributed by atoms with Crippen molar-refractivity contribution in [3.63, 3.8) is 0 Å². The maximum absolute atomic E-state index is 12.0. The largest absolute Gasteiger partial charge is 0.326 e. The van der Waals surface area contributed by atoms with Crippen molar-refractivity contribution in [1.29, 1.82) is 0 Å². The Morgan fingerprint density at radius 3 is 2.75 bits per heavy atom. The van der Waals surface area contributed by atoms with Gasteiger partial charge < -0.3 is 5.32 Å². The van der Waals surface area contributed by atoms with Gasteiger partial charge in [-0.15, -0.1) is 11.8 Å². The first-order valence-corrected chi connectivity index (χ1v) is 8.66. The van der Waals surface area contributed by atoms with Crippen LogP contribution in [-0.4, -0.2) is 29.1 Å². The number of hydrogen-bond donors (Lipinski definition) is 1. The van der Waals surface area contributed by atoms with Crippen LogP contribution in [0.2, 0.25) is 0 Å². The number of carbonyl (C=O) groups excluding carboxylic acids is 2. The number of amidine groups is 1. The number of hydrogen-bond acceptors (Lipinski definition) is 4. The summed E-state index contributed by atoms with van der Waals surface area (Å²) in [5.41, 5.74) is 1.56. The lowest BCUT2D eigenvalue weighted by Gasteiger charge is -2.17. The van der Waals surface area contributed by atoms with Crippen molar-refractivity contribution in [2.24, 2.45) is 15.9 Å². The highest BCUT2D eigenvalue weighted by Crippen LogP contribution is 2.23. The molecule has 0 bridgehead atoms. The quantitative estimate of drug-likeness (QED) is 0.837. The summed E-state index contributed by atoms with van der Waals surface area (Å²) >= 11 is 1.67. The zero-order valence-electron chi connectivity index (χ0n) is 13.2. The second-order valence-corrected chi connectivity index (χ2v) is 6.60. The van der Waals surface area contributed by atoms with Gasteiger partial charge in [0.1, 0.15) is 11.8 Å². The molecule has 1 aliphatic heterocycles. The number of aliphatic imine (C=N–C) groups is 2. The van der Waals surface area contributed by atoms with Crippen LogP contribution in [0.15, 0.2) is 63.4 Å². The third-order valence-corrected chi connectivity index (χ3v) is 4.55. The molecule has 2 aliphatic rings. The lowest BCUT2D eigenvalue weighted by molar-refractivity contribution is -0.118. The number of thioether (sulfide) groups is 1. The molecular weight excluding hydrogens is 322 g/mol. The predicted molar refractivity (Wildman–Crippen MR) is 97.7 cm³/mol. The van der Waals surface area contributed by atoms with E-state index in [9.17, 15) is 9.59 Å². The maximum atomic E-state index is 12.0. The Balaban J connectivity index is 1.54. The Kier molecular flexibility index (Phi) is 5.05. The first-order chi connectivity index (χ1) is 11.6. The zero-order chi connectivity index (χ0) is 16.9. The van der Waals surface area contributed by atoms with Crippen LogP contribution in [0.4, 0.5) is 5.69 Å². The maximum Gasteiger partial charge on any atom is 0.260 e. The van der Waals surface area contributed by atoms with Gasteiger partial charge in [-0.2, -0.15) is 4.99 Å². The molecule has 1 N–H and O–H groups in total. The van der Waals surface area contributed by atoms with Gasteiger partial charge >= 0.3 is 0 Å². The standard InChI is InChI=1S/C18H17N3O2S/c1-12(22)19-13-6-8-14(9-7-13)24-11-10-17-20-16-5-3-2-4-15(16)18(23)21-17/h2-9,15H,10-11H2,1H3,(H,19,22). The van der Waals surface area contributed by atoms with Gasteiger partial charge in [-0.1, -0.05) is 18.2 Å². The van der Waals surface area contributed by atoms with E-state index in [2.05, 4.69) is 15.3 Å². The molecule has 1 unspecified atom stereocenters. The molecule has 122 valence electrons. The lowest BCUT2D eigenvalue weighted by Crippen LogP contribution is -2.27. The zero-order valence-corrected chi connectivity index (χ0v) is 14.0. The van der Waals surface area contributed by atoms with Crippen LogP contribution in [0.3, 0.4) is 0 Å². The number of benzene rings is 1. The van der Waals surface area contributed by atoms with Crippen molar-refractivity contribution in [2.75, 3.05) is 11.1 Å². The number of anilines is 1. The van der Waals surface area contributed by atoms with Gasteiger partial charge in [0, 0.05) is 29.7 Å². The number of carbonyl (C=O) groups is 2. The number of nitrogens with zero attached hydrogens (tertiary/aromatic N) is 2. The molecule has 1 aromatic rings. The average Bonchev–Trinajstić information content (AvgIpc) is 2.56. The SMILES string of the molecule is CC(=O)Nc1ccc(SCCC2=NC(=O)C3C=CC=CC3=N2)cc1. The molecule has 1 atom stereocenters. The van der Waals surface area contributed by atoms with E-state index in [1.807, 2.05) is 48.6 Å². The van der Waals surface area contributed by atoms with Gasteiger partial charge in [0.15, 0.2) is 0 Å². The molecule has 1 aromatic carbocycles. The van der Waals surface area contributed by atoms with Crippen molar-refractivity contribution in [3.8, 4) is 0 Å². The summed E-state index contributed by atoms with van der Waals surface area (Å²) in [7, 11) is 0. The second kappa shape index (κ2) is 7.40. The van der Waals surface area contributed by atoms with Crippen molar-refractivity contribution in [3.05, 3.63) is 48.6 Å². The van der Waals surface area contributed by atoms with Crippen molar-refractivity contribution in [1.82, 2.24) is 0 Å². The highest BCUT2D eigenvalue weighted by atomic mass is 32.2. The Morgan fingerprint density at radius 2 is 2.00 bits per heavy atom. The summed E-state index contributed by atoms with van der Waals surface area (Å²) in [4.78, 5) is 32.7. The van der Waals surface area contributed by atoms with Crippen LogP contribution in [0, 0.1) is 5.92 Å².